The zero-order valence-corrected chi connectivity index (χ0v) is 33.5. The predicted octanol–water partition coefficient (Wildman–Crippen LogP) is 6.83. The number of nitrogens with one attached hydrogen (secondary N) is 3. The Morgan fingerprint density at radius 2 is 0.915 bits per heavy atom. The first-order valence-corrected chi connectivity index (χ1v) is 18.6. The van der Waals surface area contributed by atoms with E-state index in [0.717, 1.165) is 62.9 Å². The Kier molecular flexibility index (Phi) is 10.6. The maximum absolute atomic E-state index is 5.42. The van der Waals surface area contributed by atoms with Gasteiger partial charge in [0.1, 0.15) is 5.82 Å². The first-order valence-electron chi connectivity index (χ1n) is 18.6. The predicted molar refractivity (Wildman–Crippen MR) is 200 cm³/mol. The topological polar surface area (TPSA) is 84.5 Å². The third-order valence-corrected chi connectivity index (χ3v) is 10.7. The lowest BCUT2D eigenvalue weighted by atomic mass is 9.78. The van der Waals surface area contributed by atoms with Gasteiger partial charge >= 0.3 is 0 Å². The highest BCUT2D eigenvalue weighted by atomic mass is 15.4. The van der Waals surface area contributed by atoms with Crippen molar-refractivity contribution in [2.45, 2.75) is 213 Å². The molecule has 1 aromatic heterocycles. The lowest BCUT2D eigenvalue weighted by Gasteiger charge is -2.53. The van der Waals surface area contributed by atoms with E-state index in [9.17, 15) is 0 Å². The second-order valence-electron chi connectivity index (χ2n) is 20.1. The standard InChI is InChI=1S/C38H73N9/c1-25(2)30-39-31(45(17)27-18-33(5,6)42-34(7,8)19-27)41-32(40-30)47(29-22-37(13,14)44-38(15,16)23-29)24-46(26(3)4)28-20-35(9,10)43-36(11,12)21-28/h25-29,42-44H,18-24H2,1-17H3. The molecule has 0 aromatic carbocycles. The van der Waals surface area contributed by atoms with E-state index in [2.05, 4.69) is 148 Å². The molecule has 9 nitrogen and oxygen atoms in total. The van der Waals surface area contributed by atoms with E-state index in [4.69, 9.17) is 15.0 Å². The van der Waals surface area contributed by atoms with Crippen LogP contribution in [-0.2, 0) is 0 Å². The van der Waals surface area contributed by atoms with E-state index >= 15 is 0 Å². The molecule has 0 spiro atoms. The molecule has 4 heterocycles. The van der Waals surface area contributed by atoms with Crippen LogP contribution in [0.15, 0.2) is 0 Å². The van der Waals surface area contributed by atoms with Gasteiger partial charge in [0.25, 0.3) is 0 Å². The minimum atomic E-state index is -0.00807. The highest BCUT2D eigenvalue weighted by molar-refractivity contribution is 5.42. The van der Waals surface area contributed by atoms with E-state index in [-0.39, 0.29) is 45.2 Å². The van der Waals surface area contributed by atoms with Crippen LogP contribution in [0.5, 0.6) is 0 Å². The monoisotopic (exact) mass is 656 g/mol. The molecule has 1 aromatic rings. The summed E-state index contributed by atoms with van der Waals surface area (Å²) in [6.45, 7) is 38.1. The van der Waals surface area contributed by atoms with Gasteiger partial charge < -0.3 is 25.8 Å². The van der Waals surface area contributed by atoms with Crippen molar-refractivity contribution in [3.8, 4) is 0 Å². The van der Waals surface area contributed by atoms with E-state index < -0.39 is 0 Å². The molecule has 9 heteroatoms. The van der Waals surface area contributed by atoms with Crippen molar-refractivity contribution in [3.63, 3.8) is 0 Å². The normalized spacial score (nSPS) is 25.8. The molecule has 0 unspecified atom stereocenters. The summed E-state index contributed by atoms with van der Waals surface area (Å²) in [5.41, 5.74) is 0.173. The van der Waals surface area contributed by atoms with E-state index in [1.807, 2.05) is 0 Å². The zero-order valence-electron chi connectivity index (χ0n) is 33.5. The van der Waals surface area contributed by atoms with Gasteiger partial charge in [0, 0.05) is 70.4 Å². The van der Waals surface area contributed by atoms with Crippen molar-refractivity contribution in [2.75, 3.05) is 23.5 Å². The summed E-state index contributed by atoms with van der Waals surface area (Å²) in [6, 6.07) is 1.43. The second-order valence-corrected chi connectivity index (χ2v) is 20.1. The van der Waals surface area contributed by atoms with Crippen LogP contribution in [0.2, 0.25) is 0 Å². The van der Waals surface area contributed by atoms with Gasteiger partial charge in [-0.1, -0.05) is 13.8 Å². The Morgan fingerprint density at radius 3 is 1.30 bits per heavy atom. The molecule has 3 N–H and O–H groups in total. The van der Waals surface area contributed by atoms with Crippen LogP contribution in [-0.4, -0.2) is 91.0 Å². The highest BCUT2D eigenvalue weighted by Crippen LogP contribution is 2.38. The van der Waals surface area contributed by atoms with Crippen LogP contribution in [0.1, 0.15) is 161 Å². The van der Waals surface area contributed by atoms with Gasteiger partial charge in [0.2, 0.25) is 11.9 Å². The quantitative estimate of drug-likeness (QED) is 0.248. The minimum Gasteiger partial charge on any atom is -0.341 e. The van der Waals surface area contributed by atoms with Crippen LogP contribution in [0.25, 0.3) is 0 Å². The third-order valence-electron chi connectivity index (χ3n) is 10.7. The molecule has 0 atom stereocenters. The Morgan fingerprint density at radius 1 is 0.553 bits per heavy atom. The summed E-state index contributed by atoms with van der Waals surface area (Å²) in [6.07, 6.45) is 6.33. The average Bonchev–Trinajstić information content (AvgIpc) is 2.82. The molecule has 0 radical (unpaired) electrons. The largest absolute Gasteiger partial charge is 0.341 e. The van der Waals surface area contributed by atoms with Gasteiger partial charge in [-0.15, -0.1) is 0 Å². The van der Waals surface area contributed by atoms with Crippen molar-refractivity contribution in [1.29, 1.82) is 0 Å². The van der Waals surface area contributed by atoms with Crippen LogP contribution in [0.4, 0.5) is 11.9 Å². The minimum absolute atomic E-state index is 0.00807. The van der Waals surface area contributed by atoms with E-state index in [0.29, 0.717) is 18.1 Å². The lowest BCUT2D eigenvalue weighted by molar-refractivity contribution is 0.0427. The Hall–Kier alpha value is -1.55. The molecular weight excluding hydrogens is 582 g/mol. The Labute approximate surface area is 289 Å². The third kappa shape index (κ3) is 9.79. The molecule has 0 amide bonds. The van der Waals surface area contributed by atoms with Crippen molar-refractivity contribution in [3.05, 3.63) is 5.82 Å². The molecule has 0 saturated carbocycles. The number of nitrogens with zero attached hydrogens (tertiary/aromatic N) is 6. The summed E-state index contributed by atoms with van der Waals surface area (Å²) in [4.78, 5) is 23.6. The van der Waals surface area contributed by atoms with Gasteiger partial charge in [-0.05, 0) is 135 Å². The van der Waals surface area contributed by atoms with E-state index in [1.165, 1.54) is 0 Å². The fourth-order valence-corrected chi connectivity index (χ4v) is 9.83. The first-order chi connectivity index (χ1) is 21.2. The van der Waals surface area contributed by atoms with Crippen molar-refractivity contribution < 1.29 is 0 Å². The summed E-state index contributed by atoms with van der Waals surface area (Å²) >= 11 is 0. The second kappa shape index (κ2) is 13.0. The van der Waals surface area contributed by atoms with Gasteiger partial charge in [0.15, 0.2) is 0 Å². The van der Waals surface area contributed by atoms with Gasteiger partial charge in [0.05, 0.1) is 6.67 Å². The number of hydrogen-bond acceptors (Lipinski definition) is 9. The molecule has 0 aliphatic carbocycles. The van der Waals surface area contributed by atoms with Gasteiger partial charge in [-0.2, -0.15) is 15.0 Å². The highest BCUT2D eigenvalue weighted by Gasteiger charge is 2.45. The smallest absolute Gasteiger partial charge is 0.231 e. The molecule has 3 saturated heterocycles. The average molecular weight is 656 g/mol. The van der Waals surface area contributed by atoms with Crippen molar-refractivity contribution in [1.82, 2.24) is 35.8 Å². The molecule has 47 heavy (non-hydrogen) atoms. The van der Waals surface area contributed by atoms with Crippen molar-refractivity contribution >= 4 is 11.9 Å². The SMILES string of the molecule is CC(C)c1nc(N(C)C2CC(C)(C)NC(C)(C)C2)nc(N(CN(C(C)C)C2CC(C)(C)NC(C)(C)C2)C2CC(C)(C)NC(C)(C)C2)n1. The fraction of sp³-hybridized carbons (Fsp3) is 0.921. The number of rotatable bonds is 9. The maximum atomic E-state index is 5.42. The molecule has 3 aliphatic rings. The van der Waals surface area contributed by atoms with Crippen LogP contribution >= 0.6 is 0 Å². The summed E-state index contributed by atoms with van der Waals surface area (Å²) in [5, 5.41) is 11.7. The van der Waals surface area contributed by atoms with Crippen LogP contribution in [0.3, 0.4) is 0 Å². The molecule has 3 fully saturated rings. The summed E-state index contributed by atoms with van der Waals surface area (Å²) in [7, 11) is 2.20. The fourth-order valence-electron chi connectivity index (χ4n) is 9.83. The molecule has 0 bridgehead atoms. The zero-order chi connectivity index (χ0) is 35.5. The Bertz CT molecular complexity index is 1180. The number of aromatic nitrogens is 3. The van der Waals surface area contributed by atoms with Gasteiger partial charge in [-0.25, -0.2) is 0 Å². The van der Waals surface area contributed by atoms with Crippen molar-refractivity contribution in [2.24, 2.45) is 0 Å². The van der Waals surface area contributed by atoms with Crippen LogP contribution < -0.4 is 25.8 Å². The summed E-state index contributed by atoms with van der Waals surface area (Å²) in [5.74, 6) is 2.70. The molecule has 270 valence electrons. The summed E-state index contributed by atoms with van der Waals surface area (Å²) < 4.78 is 0. The van der Waals surface area contributed by atoms with Gasteiger partial charge in [-0.3, -0.25) is 4.90 Å². The molecule has 4 rings (SSSR count). The van der Waals surface area contributed by atoms with E-state index in [1.54, 1.807) is 0 Å². The lowest BCUT2D eigenvalue weighted by Crippen LogP contribution is -2.66. The number of piperidine rings is 3. The van der Waals surface area contributed by atoms with Crippen LogP contribution in [0, 0.1) is 0 Å². The molecular formula is C38H73N9. The number of anilines is 2. The first kappa shape index (κ1) is 38.3. The number of hydrogen-bond donors (Lipinski definition) is 3. The maximum Gasteiger partial charge on any atom is 0.231 e. The Balaban J connectivity index is 1.82. The molecule has 3 aliphatic heterocycles.